The second-order valence-corrected chi connectivity index (χ2v) is 4.10. The highest BCUT2D eigenvalue weighted by molar-refractivity contribution is 5.32. The van der Waals surface area contributed by atoms with Gasteiger partial charge in [0.2, 0.25) is 0 Å². The number of halogens is 4. The highest BCUT2D eigenvalue weighted by Crippen LogP contribution is 2.26. The van der Waals surface area contributed by atoms with Crippen molar-refractivity contribution in [1.29, 1.82) is 0 Å². The molecule has 0 unspecified atom stereocenters. The molecule has 0 aliphatic rings. The van der Waals surface area contributed by atoms with Crippen molar-refractivity contribution >= 4 is 0 Å². The van der Waals surface area contributed by atoms with Gasteiger partial charge in [0.05, 0.1) is 0 Å². The lowest BCUT2D eigenvalue weighted by atomic mass is 10.2. The van der Waals surface area contributed by atoms with Crippen molar-refractivity contribution in [3.8, 4) is 17.2 Å². The van der Waals surface area contributed by atoms with Crippen LogP contribution in [0.3, 0.4) is 0 Å². The summed E-state index contributed by atoms with van der Waals surface area (Å²) in [5, 5.41) is 9.09. The molecule has 0 saturated heterocycles. The first-order valence-electron chi connectivity index (χ1n) is 5.79. The van der Waals surface area contributed by atoms with E-state index in [0.29, 0.717) is 11.3 Å². The number of aromatic hydroxyl groups is 1. The van der Waals surface area contributed by atoms with E-state index < -0.39 is 17.9 Å². The summed E-state index contributed by atoms with van der Waals surface area (Å²) in [6.45, 7) is -0.0337. The summed E-state index contributed by atoms with van der Waals surface area (Å²) in [6.07, 6.45) is -4.94. The van der Waals surface area contributed by atoms with Crippen molar-refractivity contribution in [3.63, 3.8) is 0 Å². The van der Waals surface area contributed by atoms with Gasteiger partial charge in [0.15, 0.2) is 11.6 Å². The minimum Gasteiger partial charge on any atom is -0.508 e. The summed E-state index contributed by atoms with van der Waals surface area (Å²) in [7, 11) is 0. The number of phenols is 1. The lowest BCUT2D eigenvalue weighted by Gasteiger charge is -2.11. The average Bonchev–Trinajstić information content (AvgIpc) is 2.40. The second-order valence-electron chi connectivity index (χ2n) is 4.10. The van der Waals surface area contributed by atoms with E-state index in [1.165, 1.54) is 30.3 Å². The van der Waals surface area contributed by atoms with Gasteiger partial charge < -0.3 is 14.6 Å². The molecule has 1 N–H and O–H groups in total. The molecule has 0 aromatic heterocycles. The maximum Gasteiger partial charge on any atom is 0.573 e. The molecule has 0 atom stereocenters. The van der Waals surface area contributed by atoms with Crippen LogP contribution < -0.4 is 9.47 Å². The molecule has 0 saturated carbocycles. The van der Waals surface area contributed by atoms with Gasteiger partial charge in [-0.15, -0.1) is 13.2 Å². The van der Waals surface area contributed by atoms with E-state index in [0.717, 1.165) is 12.1 Å². The molecule has 0 aliphatic heterocycles. The van der Waals surface area contributed by atoms with Crippen molar-refractivity contribution in [2.45, 2.75) is 13.0 Å². The monoisotopic (exact) mass is 302 g/mol. The molecule has 0 fully saturated rings. The fourth-order valence-electron chi connectivity index (χ4n) is 1.55. The Bertz CT molecular complexity index is 609. The summed E-state index contributed by atoms with van der Waals surface area (Å²) in [4.78, 5) is 0. The van der Waals surface area contributed by atoms with Gasteiger partial charge in [-0.1, -0.05) is 6.07 Å². The lowest BCUT2D eigenvalue weighted by molar-refractivity contribution is -0.275. The summed E-state index contributed by atoms with van der Waals surface area (Å²) in [6, 6.07) is 8.90. The predicted octanol–water partition coefficient (Wildman–Crippen LogP) is 4.01. The maximum atomic E-state index is 13.4. The van der Waals surface area contributed by atoms with E-state index in [2.05, 4.69) is 4.74 Å². The van der Waals surface area contributed by atoms with E-state index in [1.807, 2.05) is 0 Å². The van der Waals surface area contributed by atoms with E-state index in [9.17, 15) is 17.6 Å². The fraction of sp³-hybridized carbons (Fsp3) is 0.143. The predicted molar refractivity (Wildman–Crippen MR) is 65.5 cm³/mol. The zero-order valence-corrected chi connectivity index (χ0v) is 10.5. The van der Waals surface area contributed by atoms with Crippen LogP contribution >= 0.6 is 0 Å². The average molecular weight is 302 g/mol. The molecule has 0 amide bonds. The molecule has 0 aliphatic carbocycles. The Hall–Kier alpha value is -2.44. The Balaban J connectivity index is 2.01. The van der Waals surface area contributed by atoms with E-state index in [4.69, 9.17) is 9.84 Å². The zero-order chi connectivity index (χ0) is 15.5. The third-order valence-corrected chi connectivity index (χ3v) is 2.46. The van der Waals surface area contributed by atoms with Crippen LogP contribution in [0, 0.1) is 5.82 Å². The van der Waals surface area contributed by atoms with Gasteiger partial charge in [0, 0.05) is 0 Å². The van der Waals surface area contributed by atoms with Crippen LogP contribution in [-0.2, 0) is 6.61 Å². The number of phenolic OH excluding ortho intramolecular Hbond substituents is 1. The smallest absolute Gasteiger partial charge is 0.508 e. The van der Waals surface area contributed by atoms with E-state index in [-0.39, 0.29) is 12.4 Å². The molecule has 7 heteroatoms. The number of ether oxygens (including phenoxy) is 2. The van der Waals surface area contributed by atoms with Crippen molar-refractivity contribution in [2.75, 3.05) is 0 Å². The molecule has 0 radical (unpaired) electrons. The highest BCUT2D eigenvalue weighted by Gasteiger charge is 2.32. The van der Waals surface area contributed by atoms with Crippen molar-refractivity contribution in [2.24, 2.45) is 0 Å². The lowest BCUT2D eigenvalue weighted by Crippen LogP contribution is -2.18. The summed E-state index contributed by atoms with van der Waals surface area (Å²) >= 11 is 0. The minimum absolute atomic E-state index is 0.0337. The molecule has 2 aromatic carbocycles. The van der Waals surface area contributed by atoms with Gasteiger partial charge in [-0.3, -0.25) is 0 Å². The molecular weight excluding hydrogens is 292 g/mol. The summed E-state index contributed by atoms with van der Waals surface area (Å²) in [5.41, 5.74) is 0.343. The fourth-order valence-corrected chi connectivity index (χ4v) is 1.55. The Labute approximate surface area is 117 Å². The normalized spacial score (nSPS) is 11.2. The molecule has 0 spiro atoms. The van der Waals surface area contributed by atoms with Crippen LogP contribution in [-0.4, -0.2) is 11.5 Å². The van der Waals surface area contributed by atoms with Gasteiger partial charge in [-0.2, -0.15) is 0 Å². The number of alkyl halides is 3. The van der Waals surface area contributed by atoms with Crippen LogP contribution in [0.4, 0.5) is 17.6 Å². The van der Waals surface area contributed by atoms with Crippen LogP contribution in [0.2, 0.25) is 0 Å². The Kier molecular flexibility index (Phi) is 4.21. The quantitative estimate of drug-likeness (QED) is 0.867. The second kappa shape index (κ2) is 5.90. The minimum atomic E-state index is -4.94. The van der Waals surface area contributed by atoms with Crippen molar-refractivity contribution in [1.82, 2.24) is 0 Å². The number of rotatable bonds is 4. The van der Waals surface area contributed by atoms with Gasteiger partial charge in [-0.25, -0.2) is 4.39 Å². The van der Waals surface area contributed by atoms with Crippen molar-refractivity contribution < 1.29 is 32.1 Å². The Morgan fingerprint density at radius 3 is 2.24 bits per heavy atom. The molecule has 112 valence electrons. The number of benzene rings is 2. The first kappa shape index (κ1) is 15.0. The molecule has 3 nitrogen and oxygen atoms in total. The van der Waals surface area contributed by atoms with Crippen molar-refractivity contribution in [3.05, 3.63) is 53.8 Å². The van der Waals surface area contributed by atoms with E-state index in [1.54, 1.807) is 0 Å². The largest absolute Gasteiger partial charge is 0.573 e. The molecular formula is C14H10F4O3. The van der Waals surface area contributed by atoms with Gasteiger partial charge in [-0.05, 0) is 42.0 Å². The molecule has 21 heavy (non-hydrogen) atoms. The van der Waals surface area contributed by atoms with Gasteiger partial charge in [0.25, 0.3) is 0 Å². The van der Waals surface area contributed by atoms with Gasteiger partial charge in [0.1, 0.15) is 18.1 Å². The molecule has 0 heterocycles. The molecule has 0 bridgehead atoms. The van der Waals surface area contributed by atoms with E-state index >= 15 is 0 Å². The summed E-state index contributed by atoms with van der Waals surface area (Å²) < 4.78 is 58.2. The first-order valence-corrected chi connectivity index (χ1v) is 5.79. The van der Waals surface area contributed by atoms with Crippen LogP contribution in [0.15, 0.2) is 42.5 Å². The van der Waals surface area contributed by atoms with Gasteiger partial charge >= 0.3 is 6.36 Å². The SMILES string of the molecule is Oc1ccc(OCc2ccc(OC(F)(F)F)c(F)c2)cc1. The highest BCUT2D eigenvalue weighted by atomic mass is 19.4. The first-order chi connectivity index (χ1) is 9.83. The maximum absolute atomic E-state index is 13.4. The molecule has 2 aromatic rings. The Morgan fingerprint density at radius 2 is 1.67 bits per heavy atom. The number of hydrogen-bond donors (Lipinski definition) is 1. The molecule has 2 rings (SSSR count). The topological polar surface area (TPSA) is 38.7 Å². The zero-order valence-electron chi connectivity index (χ0n) is 10.5. The van der Waals surface area contributed by atoms with Crippen LogP contribution in [0.1, 0.15) is 5.56 Å². The van der Waals surface area contributed by atoms with Crippen LogP contribution in [0.25, 0.3) is 0 Å². The standard InChI is InChI=1S/C14H10F4O3/c15-12-7-9(1-6-13(12)21-14(16,17)18)8-20-11-4-2-10(19)3-5-11/h1-7,19H,8H2. The number of hydrogen-bond acceptors (Lipinski definition) is 3. The third kappa shape index (κ3) is 4.55. The van der Waals surface area contributed by atoms with Crippen LogP contribution in [0.5, 0.6) is 17.2 Å². The Morgan fingerprint density at radius 1 is 1.00 bits per heavy atom. The third-order valence-electron chi connectivity index (χ3n) is 2.46. The summed E-state index contributed by atoms with van der Waals surface area (Å²) in [5.74, 6) is -1.51.